The summed E-state index contributed by atoms with van der Waals surface area (Å²) in [5.74, 6) is 2.14. The minimum absolute atomic E-state index is 0.133. The van der Waals surface area contributed by atoms with Gasteiger partial charge in [-0.1, -0.05) is 49.2 Å². The summed E-state index contributed by atoms with van der Waals surface area (Å²) < 4.78 is 4.28. The number of thioether (sulfide) groups is 1. The van der Waals surface area contributed by atoms with E-state index in [1.165, 1.54) is 31.0 Å². The van der Waals surface area contributed by atoms with Crippen LogP contribution < -0.4 is 5.32 Å². The van der Waals surface area contributed by atoms with Crippen LogP contribution in [0.15, 0.2) is 35.5 Å². The van der Waals surface area contributed by atoms with Crippen molar-refractivity contribution in [1.82, 2.24) is 19.3 Å². The number of anilines is 1. The zero-order valence-electron chi connectivity index (χ0n) is 19.8. The summed E-state index contributed by atoms with van der Waals surface area (Å²) in [4.78, 5) is 13.1. The van der Waals surface area contributed by atoms with Gasteiger partial charge in [0, 0.05) is 23.3 Å². The van der Waals surface area contributed by atoms with Gasteiger partial charge < -0.3 is 9.88 Å². The number of hydrogen-bond donors (Lipinski definition) is 1. The van der Waals surface area contributed by atoms with Crippen molar-refractivity contribution in [2.45, 2.75) is 75.9 Å². The summed E-state index contributed by atoms with van der Waals surface area (Å²) in [6.45, 7) is 4.02. The smallest absolute Gasteiger partial charge is 0.235 e. The Morgan fingerprint density at radius 3 is 2.53 bits per heavy atom. The number of rotatable bonds is 7. The van der Waals surface area contributed by atoms with Crippen LogP contribution >= 0.6 is 11.8 Å². The first-order chi connectivity index (χ1) is 16.6. The number of nitrogens with zero attached hydrogens (tertiary/aromatic N) is 5. The van der Waals surface area contributed by atoms with Crippen molar-refractivity contribution in [3.63, 3.8) is 0 Å². The van der Waals surface area contributed by atoms with Gasteiger partial charge in [0.15, 0.2) is 5.16 Å². The molecule has 5 rings (SSSR count). The molecular formula is C26H30N6OS. The minimum atomic E-state index is -0.133. The van der Waals surface area contributed by atoms with E-state index in [4.69, 9.17) is 0 Å². The van der Waals surface area contributed by atoms with Gasteiger partial charge in [0.1, 0.15) is 17.7 Å². The molecule has 0 radical (unpaired) electrons. The lowest BCUT2D eigenvalue weighted by atomic mass is 9.95. The zero-order chi connectivity index (χ0) is 23.7. The van der Waals surface area contributed by atoms with Crippen molar-refractivity contribution in [3.05, 3.63) is 53.0 Å². The number of carbonyl (C=O) groups excluding carboxylic acids is 1. The van der Waals surface area contributed by atoms with Crippen LogP contribution in [0.2, 0.25) is 0 Å². The Morgan fingerprint density at radius 2 is 1.85 bits per heavy atom. The summed E-state index contributed by atoms with van der Waals surface area (Å²) in [6, 6.07) is 12.7. The molecule has 2 saturated carbocycles. The molecule has 0 spiro atoms. The van der Waals surface area contributed by atoms with E-state index in [0.717, 1.165) is 53.6 Å². The molecule has 1 amide bonds. The van der Waals surface area contributed by atoms with Crippen LogP contribution in [0.3, 0.4) is 0 Å². The summed E-state index contributed by atoms with van der Waals surface area (Å²) in [5, 5.41) is 22.5. The first-order valence-electron chi connectivity index (χ1n) is 12.1. The van der Waals surface area contributed by atoms with Crippen molar-refractivity contribution in [2.24, 2.45) is 0 Å². The molecule has 34 heavy (non-hydrogen) atoms. The van der Waals surface area contributed by atoms with Gasteiger partial charge in [-0.25, -0.2) is 0 Å². The maximum atomic E-state index is 13.1. The highest BCUT2D eigenvalue weighted by Crippen LogP contribution is 2.41. The fourth-order valence-electron chi connectivity index (χ4n) is 4.98. The standard InChI is InChI=1S/C26H30N6OS/c1-17-18(2)31(20-9-5-3-6-10-20)25(22(17)15-27)28-23(33)16-34-26-30-29-24(19-13-14-19)32(26)21-11-7-4-8-12-21/h4,7-8,11-12,19-20H,3,5-6,9-10,13-14,16H2,1-2H3,(H,28,33). The second-order valence-electron chi connectivity index (χ2n) is 9.33. The molecule has 2 aliphatic carbocycles. The second-order valence-corrected chi connectivity index (χ2v) is 10.3. The molecule has 2 fully saturated rings. The first kappa shape index (κ1) is 22.7. The average Bonchev–Trinajstić information content (AvgIpc) is 3.58. The molecule has 8 heteroatoms. The Kier molecular flexibility index (Phi) is 6.46. The van der Waals surface area contributed by atoms with Gasteiger partial charge in [0.2, 0.25) is 5.91 Å². The van der Waals surface area contributed by atoms with Gasteiger partial charge in [-0.15, -0.1) is 10.2 Å². The Hall–Kier alpha value is -3.05. The number of nitrogens with one attached hydrogen (secondary N) is 1. The molecule has 2 heterocycles. The lowest BCUT2D eigenvalue weighted by Gasteiger charge is -2.27. The molecular weight excluding hydrogens is 444 g/mol. The fourth-order valence-corrected chi connectivity index (χ4v) is 5.74. The van der Waals surface area contributed by atoms with E-state index in [1.54, 1.807) is 0 Å². The fraction of sp³-hybridized carbons (Fsp3) is 0.462. The van der Waals surface area contributed by atoms with Crippen LogP contribution in [0.25, 0.3) is 5.69 Å². The zero-order valence-corrected chi connectivity index (χ0v) is 20.6. The number of carbonyl (C=O) groups is 1. The highest BCUT2D eigenvalue weighted by atomic mass is 32.2. The van der Waals surface area contributed by atoms with E-state index in [0.29, 0.717) is 23.3 Å². The Morgan fingerprint density at radius 1 is 1.12 bits per heavy atom. The van der Waals surface area contributed by atoms with Crippen molar-refractivity contribution in [2.75, 3.05) is 11.1 Å². The topological polar surface area (TPSA) is 88.5 Å². The van der Waals surface area contributed by atoms with Gasteiger partial charge in [-0.05, 0) is 57.2 Å². The molecule has 1 N–H and O–H groups in total. The van der Waals surface area contributed by atoms with Crippen LogP contribution in [0.5, 0.6) is 0 Å². The minimum Gasteiger partial charge on any atom is -0.327 e. The third kappa shape index (κ3) is 4.37. The van der Waals surface area contributed by atoms with E-state index < -0.39 is 0 Å². The summed E-state index contributed by atoms with van der Waals surface area (Å²) >= 11 is 1.39. The van der Waals surface area contributed by atoms with Crippen LogP contribution in [0.1, 0.15) is 79.6 Å². The van der Waals surface area contributed by atoms with Crippen molar-refractivity contribution in [3.8, 4) is 11.8 Å². The molecule has 0 unspecified atom stereocenters. The third-order valence-electron chi connectivity index (χ3n) is 7.01. The molecule has 2 aliphatic rings. The van der Waals surface area contributed by atoms with E-state index in [-0.39, 0.29) is 11.7 Å². The lowest BCUT2D eigenvalue weighted by Crippen LogP contribution is -2.22. The van der Waals surface area contributed by atoms with Crippen LogP contribution in [-0.2, 0) is 4.79 Å². The number of nitriles is 1. The lowest BCUT2D eigenvalue weighted by molar-refractivity contribution is -0.113. The molecule has 0 atom stereocenters. The first-order valence-corrected chi connectivity index (χ1v) is 13.1. The third-order valence-corrected chi connectivity index (χ3v) is 7.94. The molecule has 1 aromatic carbocycles. The number of amides is 1. The van der Waals surface area contributed by atoms with Gasteiger partial charge in [-0.2, -0.15) is 5.26 Å². The largest absolute Gasteiger partial charge is 0.327 e. The second kappa shape index (κ2) is 9.67. The average molecular weight is 475 g/mol. The Bertz CT molecular complexity index is 1230. The van der Waals surface area contributed by atoms with Crippen molar-refractivity contribution in [1.29, 1.82) is 5.26 Å². The summed E-state index contributed by atoms with van der Waals surface area (Å²) in [7, 11) is 0. The van der Waals surface area contributed by atoms with E-state index in [1.807, 2.05) is 37.3 Å². The number of hydrogen-bond acceptors (Lipinski definition) is 5. The highest BCUT2D eigenvalue weighted by molar-refractivity contribution is 7.99. The predicted molar refractivity (Wildman–Crippen MR) is 133 cm³/mol. The van der Waals surface area contributed by atoms with Gasteiger partial charge >= 0.3 is 0 Å². The summed E-state index contributed by atoms with van der Waals surface area (Å²) in [5.41, 5.74) is 3.62. The molecule has 176 valence electrons. The molecule has 0 saturated heterocycles. The Labute approximate surface area is 204 Å². The number of aromatic nitrogens is 4. The molecule has 2 aromatic heterocycles. The molecule has 0 aliphatic heterocycles. The number of benzene rings is 1. The quantitative estimate of drug-likeness (QED) is 0.446. The van der Waals surface area contributed by atoms with Gasteiger partial charge in [-0.3, -0.25) is 9.36 Å². The normalized spacial score (nSPS) is 16.4. The van der Waals surface area contributed by atoms with Crippen molar-refractivity contribution < 1.29 is 4.79 Å². The van der Waals surface area contributed by atoms with E-state index in [2.05, 4.69) is 37.6 Å². The van der Waals surface area contributed by atoms with Crippen LogP contribution in [0, 0.1) is 25.2 Å². The molecule has 3 aromatic rings. The molecule has 0 bridgehead atoms. The highest BCUT2D eigenvalue weighted by Gasteiger charge is 2.31. The van der Waals surface area contributed by atoms with Gasteiger partial charge in [0.25, 0.3) is 0 Å². The SMILES string of the molecule is Cc1c(C#N)c(NC(=O)CSc2nnc(C3CC3)n2-c2ccccc2)n(C2CCCCC2)c1C. The Balaban J connectivity index is 1.36. The monoisotopic (exact) mass is 474 g/mol. The van der Waals surface area contributed by atoms with E-state index >= 15 is 0 Å². The van der Waals surface area contributed by atoms with E-state index in [9.17, 15) is 10.1 Å². The molecule has 7 nitrogen and oxygen atoms in total. The van der Waals surface area contributed by atoms with Crippen molar-refractivity contribution >= 4 is 23.5 Å². The number of para-hydroxylation sites is 1. The van der Waals surface area contributed by atoms with Crippen LogP contribution in [-0.4, -0.2) is 31.0 Å². The van der Waals surface area contributed by atoms with Crippen LogP contribution in [0.4, 0.5) is 5.82 Å². The maximum absolute atomic E-state index is 13.1. The predicted octanol–water partition coefficient (Wildman–Crippen LogP) is 5.67. The summed E-state index contributed by atoms with van der Waals surface area (Å²) in [6.07, 6.45) is 8.05. The maximum Gasteiger partial charge on any atom is 0.235 e. The van der Waals surface area contributed by atoms with Gasteiger partial charge in [0.05, 0.1) is 11.3 Å².